The molecule has 0 aliphatic rings. The maximum atomic E-state index is 6.75. The van der Waals surface area contributed by atoms with Crippen LogP contribution in [0.1, 0.15) is 0 Å². The van der Waals surface area contributed by atoms with Gasteiger partial charge in [-0.25, -0.2) is 0 Å². The zero-order chi connectivity index (χ0) is 43.3. The molecule has 0 bridgehead atoms. The van der Waals surface area contributed by atoms with Crippen molar-refractivity contribution in [1.82, 2.24) is 0 Å². The molecule has 14 aromatic rings. The van der Waals surface area contributed by atoms with Crippen LogP contribution in [0.15, 0.2) is 239 Å². The van der Waals surface area contributed by atoms with E-state index in [1.807, 2.05) is 0 Å². The standard InChI is InChI=1S/C62H38N2O2/c1-5-13-43-29-49(21-17-39(43)9-1)63(50-22-18-40-10-2-6-14-44(40)30-50)53-25-27-55-57-33-47-34-58-56-28-26-54(38-62(56)66-60(58)36-48(47)35-59(57)65-61(55)37-53)64(51-23-19-41-11-3-7-15-45(41)31-51)52-24-20-42-12-4-8-16-46(42)32-52/h1-38H. The quantitative estimate of drug-likeness (QED) is 0.167. The monoisotopic (exact) mass is 842 g/mol. The first-order valence-electron chi connectivity index (χ1n) is 22.5. The average Bonchev–Trinajstić information content (AvgIpc) is 3.91. The predicted molar refractivity (Wildman–Crippen MR) is 278 cm³/mol. The zero-order valence-corrected chi connectivity index (χ0v) is 35.7. The van der Waals surface area contributed by atoms with Gasteiger partial charge in [0.2, 0.25) is 0 Å². The van der Waals surface area contributed by atoms with Crippen molar-refractivity contribution in [3.8, 4) is 0 Å². The number of fused-ring (bicyclic) bond motifs is 11. The van der Waals surface area contributed by atoms with Crippen molar-refractivity contribution in [3.63, 3.8) is 0 Å². The highest BCUT2D eigenvalue weighted by molar-refractivity contribution is 6.16. The molecule has 0 unspecified atom stereocenters. The molecule has 4 nitrogen and oxygen atoms in total. The Morgan fingerprint density at radius 1 is 0.197 bits per heavy atom. The Hall–Kier alpha value is -8.86. The Kier molecular flexibility index (Phi) is 7.95. The SMILES string of the molecule is c1ccc2cc(N(c3ccc4ccccc4c3)c3ccc4c(c3)oc3cc5cc6oc7cc(N(c8ccc9ccccc9c8)c8ccc9ccccc9c8)ccc7c6cc5cc34)ccc2c1. The summed E-state index contributed by atoms with van der Waals surface area (Å²) in [4.78, 5) is 4.66. The third-order valence-corrected chi connectivity index (χ3v) is 13.5. The highest BCUT2D eigenvalue weighted by Crippen LogP contribution is 2.44. The van der Waals surface area contributed by atoms with Gasteiger partial charge in [0.15, 0.2) is 0 Å². The van der Waals surface area contributed by atoms with Gasteiger partial charge in [-0.05, 0) is 151 Å². The van der Waals surface area contributed by atoms with E-state index in [1.165, 1.54) is 43.1 Å². The predicted octanol–water partition coefficient (Wildman–Crippen LogP) is 18.2. The molecular weight excluding hydrogens is 805 g/mol. The molecule has 2 aromatic heterocycles. The largest absolute Gasteiger partial charge is 0.456 e. The van der Waals surface area contributed by atoms with Crippen molar-refractivity contribution in [1.29, 1.82) is 0 Å². The van der Waals surface area contributed by atoms with E-state index in [1.54, 1.807) is 0 Å². The molecule has 0 N–H and O–H groups in total. The molecule has 4 heteroatoms. The molecule has 0 aliphatic heterocycles. The number of rotatable bonds is 6. The van der Waals surface area contributed by atoms with E-state index < -0.39 is 0 Å². The summed E-state index contributed by atoms with van der Waals surface area (Å²) in [5.41, 5.74) is 9.77. The van der Waals surface area contributed by atoms with E-state index in [-0.39, 0.29) is 0 Å². The summed E-state index contributed by atoms with van der Waals surface area (Å²) >= 11 is 0. The smallest absolute Gasteiger partial charge is 0.137 e. The van der Waals surface area contributed by atoms with Crippen LogP contribution in [0.3, 0.4) is 0 Å². The van der Waals surface area contributed by atoms with Crippen LogP contribution in [-0.4, -0.2) is 0 Å². The fourth-order valence-electron chi connectivity index (χ4n) is 10.2. The minimum atomic E-state index is 0.841. The minimum absolute atomic E-state index is 0.841. The number of nitrogens with zero attached hydrogens (tertiary/aromatic N) is 2. The lowest BCUT2D eigenvalue weighted by molar-refractivity contribution is 0.668. The third kappa shape index (κ3) is 5.93. The maximum absolute atomic E-state index is 6.75. The number of hydrogen-bond donors (Lipinski definition) is 0. The first kappa shape index (κ1) is 36.6. The second kappa shape index (κ2) is 14.3. The van der Waals surface area contributed by atoms with Crippen molar-refractivity contribution in [2.24, 2.45) is 0 Å². The van der Waals surface area contributed by atoms with Crippen LogP contribution in [-0.2, 0) is 0 Å². The third-order valence-electron chi connectivity index (χ3n) is 13.5. The van der Waals surface area contributed by atoms with Gasteiger partial charge in [-0.1, -0.05) is 121 Å². The lowest BCUT2D eigenvalue weighted by atomic mass is 10.0. The molecule has 0 aliphatic carbocycles. The van der Waals surface area contributed by atoms with E-state index in [4.69, 9.17) is 8.83 Å². The van der Waals surface area contributed by atoms with Crippen LogP contribution in [0.4, 0.5) is 34.1 Å². The van der Waals surface area contributed by atoms with Gasteiger partial charge < -0.3 is 18.6 Å². The van der Waals surface area contributed by atoms with Crippen LogP contribution in [0, 0.1) is 0 Å². The molecule has 308 valence electrons. The first-order valence-corrected chi connectivity index (χ1v) is 22.5. The van der Waals surface area contributed by atoms with E-state index >= 15 is 0 Å². The average molecular weight is 843 g/mol. The molecule has 12 aromatic carbocycles. The van der Waals surface area contributed by atoms with E-state index in [0.717, 1.165) is 88.8 Å². The van der Waals surface area contributed by atoms with Gasteiger partial charge >= 0.3 is 0 Å². The van der Waals surface area contributed by atoms with Crippen LogP contribution in [0.2, 0.25) is 0 Å². The summed E-state index contributed by atoms with van der Waals surface area (Å²) < 4.78 is 13.5. The fourth-order valence-corrected chi connectivity index (χ4v) is 10.2. The molecule has 2 heterocycles. The summed E-state index contributed by atoms with van der Waals surface area (Å²) in [5.74, 6) is 0. The number of anilines is 6. The van der Waals surface area contributed by atoms with Gasteiger partial charge in [-0.3, -0.25) is 0 Å². The maximum Gasteiger partial charge on any atom is 0.137 e. The van der Waals surface area contributed by atoms with E-state index in [0.29, 0.717) is 0 Å². The first-order chi connectivity index (χ1) is 32.6. The Labute approximate surface area is 379 Å². The molecule has 66 heavy (non-hydrogen) atoms. The second-order valence-electron chi connectivity index (χ2n) is 17.4. The van der Waals surface area contributed by atoms with Crippen molar-refractivity contribution in [3.05, 3.63) is 231 Å². The summed E-state index contributed by atoms with van der Waals surface area (Å²) in [5, 5.41) is 16.2. The fraction of sp³-hybridized carbons (Fsp3) is 0. The molecule has 0 amide bonds. The van der Waals surface area contributed by atoms with Crippen molar-refractivity contribution < 1.29 is 8.83 Å². The Morgan fingerprint density at radius 2 is 0.470 bits per heavy atom. The lowest BCUT2D eigenvalue weighted by Crippen LogP contribution is -2.09. The van der Waals surface area contributed by atoms with Gasteiger partial charge in [0.25, 0.3) is 0 Å². The molecule has 0 radical (unpaired) electrons. The zero-order valence-electron chi connectivity index (χ0n) is 35.7. The van der Waals surface area contributed by atoms with Gasteiger partial charge in [0, 0.05) is 67.8 Å². The Bertz CT molecular complexity index is 3840. The van der Waals surface area contributed by atoms with Crippen LogP contribution >= 0.6 is 0 Å². The van der Waals surface area contributed by atoms with Gasteiger partial charge in [0.1, 0.15) is 22.3 Å². The number of furan rings is 2. The topological polar surface area (TPSA) is 32.8 Å². The van der Waals surface area contributed by atoms with Gasteiger partial charge in [0.05, 0.1) is 0 Å². The molecule has 14 rings (SSSR count). The minimum Gasteiger partial charge on any atom is -0.456 e. The summed E-state index contributed by atoms with van der Waals surface area (Å²) in [6.07, 6.45) is 0. The summed E-state index contributed by atoms with van der Waals surface area (Å²) in [7, 11) is 0. The molecule has 0 fully saturated rings. The van der Waals surface area contributed by atoms with Crippen LogP contribution < -0.4 is 9.80 Å². The normalized spacial score (nSPS) is 11.9. The van der Waals surface area contributed by atoms with Gasteiger partial charge in [-0.2, -0.15) is 0 Å². The lowest BCUT2D eigenvalue weighted by Gasteiger charge is -2.26. The number of hydrogen-bond acceptors (Lipinski definition) is 4. The molecule has 0 spiro atoms. The summed E-state index contributed by atoms with van der Waals surface area (Å²) in [6, 6.07) is 82.9. The van der Waals surface area contributed by atoms with Crippen molar-refractivity contribution in [2.75, 3.05) is 9.80 Å². The number of benzene rings is 12. The highest BCUT2D eigenvalue weighted by Gasteiger charge is 2.20. The highest BCUT2D eigenvalue weighted by atomic mass is 16.3. The Morgan fingerprint density at radius 3 is 0.818 bits per heavy atom. The van der Waals surface area contributed by atoms with Crippen LogP contribution in [0.5, 0.6) is 0 Å². The Balaban J connectivity index is 0.875. The molecular formula is C62H38N2O2. The second-order valence-corrected chi connectivity index (χ2v) is 17.4. The van der Waals surface area contributed by atoms with Gasteiger partial charge in [-0.15, -0.1) is 0 Å². The summed E-state index contributed by atoms with van der Waals surface area (Å²) in [6.45, 7) is 0. The molecule has 0 atom stereocenters. The van der Waals surface area contributed by atoms with Crippen LogP contribution in [0.25, 0.3) is 97.7 Å². The molecule has 0 saturated heterocycles. The van der Waals surface area contributed by atoms with Crippen molar-refractivity contribution >= 4 is 132 Å². The van der Waals surface area contributed by atoms with E-state index in [2.05, 4.69) is 240 Å². The van der Waals surface area contributed by atoms with E-state index in [9.17, 15) is 0 Å². The molecule has 0 saturated carbocycles. The van der Waals surface area contributed by atoms with Crippen molar-refractivity contribution in [2.45, 2.75) is 0 Å².